The number of rotatable bonds is 2. The fourth-order valence-corrected chi connectivity index (χ4v) is 4.30. The van der Waals surface area contributed by atoms with E-state index in [0.717, 1.165) is 22.2 Å². The highest BCUT2D eigenvalue weighted by Crippen LogP contribution is 2.43. The van der Waals surface area contributed by atoms with Crippen molar-refractivity contribution in [2.75, 3.05) is 11.9 Å². The molecule has 1 aliphatic rings. The van der Waals surface area contributed by atoms with Crippen LogP contribution in [0.5, 0.6) is 11.6 Å². The molecule has 126 valence electrons. The van der Waals surface area contributed by atoms with Crippen molar-refractivity contribution in [1.82, 2.24) is 4.57 Å². The lowest BCUT2D eigenvalue weighted by Crippen LogP contribution is -2.12. The minimum absolute atomic E-state index is 0.175. The van der Waals surface area contributed by atoms with Crippen molar-refractivity contribution < 1.29 is 9.84 Å². The summed E-state index contributed by atoms with van der Waals surface area (Å²) in [5.74, 6) is 1.57. The van der Waals surface area contributed by atoms with Gasteiger partial charge in [0.25, 0.3) is 0 Å². The Morgan fingerprint density at radius 3 is 2.84 bits per heavy atom. The number of nitrogens with zero attached hydrogens (tertiary/aromatic N) is 2. The standard InChI is InChI=1S/C19H16N2O2S2/c1-3-21-18(22)15(25-19(21)24)10-11-16-20(2)17-13-7-5-4-6-12(13)8-9-14(17)23-16/h4-10,22H,3H2,1-2H3. The van der Waals surface area contributed by atoms with Crippen molar-refractivity contribution in [1.29, 1.82) is 0 Å². The van der Waals surface area contributed by atoms with E-state index in [4.69, 9.17) is 17.0 Å². The first-order valence-corrected chi connectivity index (χ1v) is 9.15. The Balaban J connectivity index is 1.79. The zero-order valence-corrected chi connectivity index (χ0v) is 15.4. The van der Waals surface area contributed by atoms with Crippen LogP contribution < -0.4 is 9.64 Å². The Bertz CT molecular complexity index is 1100. The lowest BCUT2D eigenvalue weighted by atomic mass is 10.1. The molecule has 0 amide bonds. The average Bonchev–Trinajstić information content (AvgIpc) is 3.09. The van der Waals surface area contributed by atoms with E-state index in [1.54, 1.807) is 10.6 Å². The molecule has 3 aromatic rings. The van der Waals surface area contributed by atoms with Gasteiger partial charge in [0.05, 0.1) is 10.6 Å². The Morgan fingerprint density at radius 1 is 1.28 bits per heavy atom. The summed E-state index contributed by atoms with van der Waals surface area (Å²) in [6.45, 7) is 2.59. The van der Waals surface area contributed by atoms with Gasteiger partial charge in [0.15, 0.2) is 9.70 Å². The quantitative estimate of drug-likeness (QED) is 0.502. The molecule has 4 nitrogen and oxygen atoms in total. The minimum atomic E-state index is 0.175. The molecule has 0 unspecified atom stereocenters. The van der Waals surface area contributed by atoms with Crippen molar-refractivity contribution in [2.24, 2.45) is 0 Å². The molecule has 2 heterocycles. The molecule has 1 N–H and O–H groups in total. The van der Waals surface area contributed by atoms with Gasteiger partial charge in [-0.25, -0.2) is 0 Å². The van der Waals surface area contributed by atoms with E-state index >= 15 is 0 Å². The Kier molecular flexibility index (Phi) is 3.88. The molecule has 0 bridgehead atoms. The van der Waals surface area contributed by atoms with Crippen LogP contribution in [0, 0.1) is 3.95 Å². The predicted molar refractivity (Wildman–Crippen MR) is 105 cm³/mol. The van der Waals surface area contributed by atoms with Gasteiger partial charge in [0.2, 0.25) is 11.8 Å². The molecule has 6 heteroatoms. The van der Waals surface area contributed by atoms with E-state index in [-0.39, 0.29) is 5.88 Å². The van der Waals surface area contributed by atoms with E-state index in [1.165, 1.54) is 11.3 Å². The molecule has 4 rings (SSSR count). The SMILES string of the molecule is CCn1c(O)c(C=C=C2Oc3ccc4ccccc4c3N2C)sc1=S. The van der Waals surface area contributed by atoms with Crippen LogP contribution in [0.1, 0.15) is 11.8 Å². The van der Waals surface area contributed by atoms with Crippen LogP contribution in [0.3, 0.4) is 0 Å². The van der Waals surface area contributed by atoms with E-state index in [1.807, 2.05) is 43.1 Å². The number of fused-ring (bicyclic) bond motifs is 3. The lowest BCUT2D eigenvalue weighted by molar-refractivity contribution is 0.419. The van der Waals surface area contributed by atoms with Crippen molar-refractivity contribution in [3.8, 4) is 11.6 Å². The summed E-state index contributed by atoms with van der Waals surface area (Å²) in [4.78, 5) is 2.65. The Morgan fingerprint density at radius 2 is 2.08 bits per heavy atom. The molecule has 0 spiro atoms. The smallest absolute Gasteiger partial charge is 0.246 e. The van der Waals surface area contributed by atoms with Crippen molar-refractivity contribution in [3.05, 3.63) is 56.8 Å². The van der Waals surface area contributed by atoms with Crippen molar-refractivity contribution in [3.63, 3.8) is 0 Å². The largest absolute Gasteiger partial charge is 0.493 e. The maximum atomic E-state index is 10.2. The first-order chi connectivity index (χ1) is 12.1. The van der Waals surface area contributed by atoms with E-state index in [0.29, 0.717) is 21.3 Å². The summed E-state index contributed by atoms with van der Waals surface area (Å²) in [6.07, 6.45) is 1.72. The highest BCUT2D eigenvalue weighted by molar-refractivity contribution is 7.73. The summed E-state index contributed by atoms with van der Waals surface area (Å²) in [6, 6.07) is 12.2. The minimum Gasteiger partial charge on any atom is -0.493 e. The van der Waals surface area contributed by atoms with Crippen LogP contribution in [-0.4, -0.2) is 16.7 Å². The molecule has 0 fully saturated rings. The van der Waals surface area contributed by atoms with Gasteiger partial charge in [0.1, 0.15) is 0 Å². The molecule has 0 radical (unpaired) electrons. The third-order valence-electron chi connectivity index (χ3n) is 4.25. The zero-order valence-electron chi connectivity index (χ0n) is 13.8. The fourth-order valence-electron chi connectivity index (χ4n) is 2.98. The second-order valence-electron chi connectivity index (χ2n) is 5.69. The van der Waals surface area contributed by atoms with Crippen LogP contribution in [0.25, 0.3) is 16.8 Å². The fraction of sp³-hybridized carbons (Fsp3) is 0.158. The topological polar surface area (TPSA) is 37.6 Å². The predicted octanol–water partition coefficient (Wildman–Crippen LogP) is 5.14. The highest BCUT2D eigenvalue weighted by atomic mass is 32.1. The van der Waals surface area contributed by atoms with Crippen molar-refractivity contribution in [2.45, 2.75) is 13.5 Å². The molecule has 0 atom stereocenters. The summed E-state index contributed by atoms with van der Waals surface area (Å²) in [7, 11) is 1.95. The van der Waals surface area contributed by atoms with Gasteiger partial charge in [-0.1, -0.05) is 36.1 Å². The molecule has 25 heavy (non-hydrogen) atoms. The summed E-state index contributed by atoms with van der Waals surface area (Å²) >= 11 is 6.63. The maximum absolute atomic E-state index is 10.2. The third-order valence-corrected chi connectivity index (χ3v) is 5.63. The number of aromatic hydroxyl groups is 1. The monoisotopic (exact) mass is 368 g/mol. The van der Waals surface area contributed by atoms with Gasteiger partial charge < -0.3 is 14.7 Å². The van der Waals surface area contributed by atoms with Crippen molar-refractivity contribution >= 4 is 46.1 Å². The van der Waals surface area contributed by atoms with Crippen LogP contribution in [0.2, 0.25) is 0 Å². The molecule has 2 aromatic carbocycles. The molecule has 0 aliphatic carbocycles. The molecule has 0 saturated heterocycles. The molecule has 1 aromatic heterocycles. The van der Waals surface area contributed by atoms with Gasteiger partial charge in [-0.2, -0.15) is 0 Å². The van der Waals surface area contributed by atoms with Crippen LogP contribution in [-0.2, 0) is 6.54 Å². The third kappa shape index (κ3) is 2.55. The van der Waals surface area contributed by atoms with Crippen LogP contribution in [0.4, 0.5) is 5.69 Å². The van der Waals surface area contributed by atoms with Crippen LogP contribution in [0.15, 0.2) is 48.0 Å². The number of aromatic nitrogens is 1. The zero-order chi connectivity index (χ0) is 17.6. The Hall–Kier alpha value is -2.53. The maximum Gasteiger partial charge on any atom is 0.246 e. The number of ether oxygens (including phenoxy) is 1. The second-order valence-corrected chi connectivity index (χ2v) is 7.36. The average molecular weight is 368 g/mol. The number of hydrogen-bond donors (Lipinski definition) is 1. The number of hydrogen-bond acceptors (Lipinski definition) is 5. The van der Waals surface area contributed by atoms with Crippen LogP contribution >= 0.6 is 23.6 Å². The summed E-state index contributed by atoms with van der Waals surface area (Å²) in [5, 5.41) is 12.5. The number of anilines is 1. The van der Waals surface area contributed by atoms with Gasteiger partial charge in [0, 0.05) is 25.1 Å². The number of benzene rings is 2. The summed E-state index contributed by atoms with van der Waals surface area (Å²) in [5.41, 5.74) is 4.18. The van der Waals surface area contributed by atoms with E-state index < -0.39 is 0 Å². The molecular weight excluding hydrogens is 352 g/mol. The first-order valence-electron chi connectivity index (χ1n) is 7.92. The number of thiazole rings is 1. The van der Waals surface area contributed by atoms with Gasteiger partial charge in [-0.05, 0) is 30.6 Å². The van der Waals surface area contributed by atoms with Gasteiger partial charge >= 0.3 is 0 Å². The normalized spacial score (nSPS) is 12.9. The first kappa shape index (κ1) is 16.0. The lowest BCUT2D eigenvalue weighted by Gasteiger charge is -2.11. The summed E-state index contributed by atoms with van der Waals surface area (Å²) < 4.78 is 8.28. The molecular formula is C19H16N2O2S2. The van der Waals surface area contributed by atoms with E-state index in [9.17, 15) is 5.11 Å². The van der Waals surface area contributed by atoms with E-state index in [2.05, 4.69) is 17.9 Å². The molecule has 1 aliphatic heterocycles. The van der Waals surface area contributed by atoms with Gasteiger partial charge in [-0.15, -0.1) is 11.3 Å². The van der Waals surface area contributed by atoms with Gasteiger partial charge in [-0.3, -0.25) is 4.57 Å². The molecule has 0 saturated carbocycles. The Labute approximate surface area is 154 Å². The second kappa shape index (κ2) is 6.08. The highest BCUT2D eigenvalue weighted by Gasteiger charge is 2.25.